The first-order valence-electron chi connectivity index (χ1n) is 9.37. The van der Waals surface area contributed by atoms with Crippen LogP contribution in [0.1, 0.15) is 38.1 Å². The average molecular weight is 374 g/mol. The molecule has 1 aliphatic heterocycles. The molecular formula is C22H23BN2O3. The molecule has 142 valence electrons. The Morgan fingerprint density at radius 2 is 1.57 bits per heavy atom. The smallest absolute Gasteiger partial charge is 0.399 e. The zero-order valence-electron chi connectivity index (χ0n) is 16.5. The SMILES string of the molecule is CC1(C)OB(c2ccc(C(=O)Nc3nccc4ccccc34)cc2)OC1(C)C. The second-order valence-corrected chi connectivity index (χ2v) is 8.05. The Morgan fingerprint density at radius 1 is 0.929 bits per heavy atom. The largest absolute Gasteiger partial charge is 0.494 e. The lowest BCUT2D eigenvalue weighted by molar-refractivity contribution is 0.00578. The van der Waals surface area contributed by atoms with Crippen LogP contribution in [0.4, 0.5) is 5.82 Å². The third kappa shape index (κ3) is 3.30. The summed E-state index contributed by atoms with van der Waals surface area (Å²) in [5.41, 5.74) is 0.648. The van der Waals surface area contributed by atoms with E-state index in [1.165, 1.54) is 0 Å². The molecule has 2 heterocycles. The van der Waals surface area contributed by atoms with Crippen LogP contribution in [-0.2, 0) is 9.31 Å². The first-order valence-corrected chi connectivity index (χ1v) is 9.37. The number of rotatable bonds is 3. The minimum Gasteiger partial charge on any atom is -0.399 e. The molecular weight excluding hydrogens is 351 g/mol. The van der Waals surface area contributed by atoms with Crippen molar-refractivity contribution in [2.75, 3.05) is 5.32 Å². The van der Waals surface area contributed by atoms with Gasteiger partial charge in [-0.15, -0.1) is 0 Å². The van der Waals surface area contributed by atoms with Crippen LogP contribution in [0.2, 0.25) is 0 Å². The number of carbonyl (C=O) groups is 1. The van der Waals surface area contributed by atoms with Crippen LogP contribution in [0.25, 0.3) is 10.8 Å². The number of hydrogen-bond acceptors (Lipinski definition) is 4. The summed E-state index contributed by atoms with van der Waals surface area (Å²) >= 11 is 0. The van der Waals surface area contributed by atoms with Crippen LogP contribution in [0.15, 0.2) is 60.8 Å². The molecule has 1 amide bonds. The third-order valence-corrected chi connectivity index (χ3v) is 5.60. The normalized spacial score (nSPS) is 17.6. The van der Waals surface area contributed by atoms with Crippen LogP contribution in [0.3, 0.4) is 0 Å². The maximum Gasteiger partial charge on any atom is 0.494 e. The second kappa shape index (κ2) is 6.72. The Labute approximate surface area is 165 Å². The molecule has 28 heavy (non-hydrogen) atoms. The van der Waals surface area contributed by atoms with E-state index in [1.54, 1.807) is 18.3 Å². The molecule has 0 unspecified atom stereocenters. The van der Waals surface area contributed by atoms with Gasteiger partial charge in [-0.1, -0.05) is 36.4 Å². The predicted octanol–water partition coefficient (Wildman–Crippen LogP) is 3.79. The molecule has 1 N–H and O–H groups in total. The van der Waals surface area contributed by atoms with Crippen molar-refractivity contribution in [1.29, 1.82) is 0 Å². The fourth-order valence-electron chi connectivity index (χ4n) is 3.17. The Kier molecular flexibility index (Phi) is 4.48. The van der Waals surface area contributed by atoms with E-state index in [-0.39, 0.29) is 5.91 Å². The average Bonchev–Trinajstić information content (AvgIpc) is 2.89. The summed E-state index contributed by atoms with van der Waals surface area (Å²) in [5, 5.41) is 4.84. The van der Waals surface area contributed by atoms with Crippen molar-refractivity contribution >= 4 is 35.1 Å². The predicted molar refractivity (Wildman–Crippen MR) is 112 cm³/mol. The Balaban J connectivity index is 1.52. The monoisotopic (exact) mass is 374 g/mol. The van der Waals surface area contributed by atoms with Crippen LogP contribution in [0, 0.1) is 0 Å². The van der Waals surface area contributed by atoms with Gasteiger partial charge in [0.2, 0.25) is 0 Å². The van der Waals surface area contributed by atoms with Crippen molar-refractivity contribution in [3.05, 3.63) is 66.4 Å². The molecule has 1 fully saturated rings. The molecule has 0 spiro atoms. The highest BCUT2D eigenvalue weighted by molar-refractivity contribution is 6.62. The molecule has 1 saturated heterocycles. The van der Waals surface area contributed by atoms with Gasteiger partial charge >= 0.3 is 7.12 Å². The van der Waals surface area contributed by atoms with E-state index in [0.29, 0.717) is 11.4 Å². The van der Waals surface area contributed by atoms with E-state index < -0.39 is 18.3 Å². The van der Waals surface area contributed by atoms with Crippen LogP contribution in [0.5, 0.6) is 0 Å². The maximum atomic E-state index is 12.7. The first kappa shape index (κ1) is 18.7. The molecule has 1 aliphatic rings. The zero-order valence-corrected chi connectivity index (χ0v) is 16.5. The minimum atomic E-state index is -0.443. The number of carbonyl (C=O) groups excluding carboxylic acids is 1. The minimum absolute atomic E-state index is 0.204. The number of fused-ring (bicyclic) bond motifs is 1. The van der Waals surface area contributed by atoms with E-state index in [9.17, 15) is 4.79 Å². The number of anilines is 1. The van der Waals surface area contributed by atoms with Crippen LogP contribution >= 0.6 is 0 Å². The van der Waals surface area contributed by atoms with Crippen molar-refractivity contribution in [3.63, 3.8) is 0 Å². The topological polar surface area (TPSA) is 60.5 Å². The van der Waals surface area contributed by atoms with E-state index in [0.717, 1.165) is 16.2 Å². The lowest BCUT2D eigenvalue weighted by Gasteiger charge is -2.32. The van der Waals surface area contributed by atoms with Gasteiger partial charge in [0, 0.05) is 17.1 Å². The number of hydrogen-bond donors (Lipinski definition) is 1. The van der Waals surface area contributed by atoms with E-state index >= 15 is 0 Å². The first-order chi connectivity index (χ1) is 13.3. The molecule has 0 radical (unpaired) electrons. The molecule has 5 nitrogen and oxygen atoms in total. The van der Waals surface area contributed by atoms with Crippen molar-refractivity contribution in [2.24, 2.45) is 0 Å². The van der Waals surface area contributed by atoms with Gasteiger partial charge in [-0.25, -0.2) is 4.98 Å². The Morgan fingerprint density at radius 3 is 2.25 bits per heavy atom. The van der Waals surface area contributed by atoms with Crippen molar-refractivity contribution in [3.8, 4) is 0 Å². The molecule has 3 aromatic rings. The lowest BCUT2D eigenvalue weighted by atomic mass is 9.79. The van der Waals surface area contributed by atoms with E-state index in [4.69, 9.17) is 9.31 Å². The molecule has 0 bridgehead atoms. The number of nitrogens with zero attached hydrogens (tertiary/aromatic N) is 1. The quantitative estimate of drug-likeness (QED) is 0.709. The molecule has 0 atom stereocenters. The molecule has 1 aromatic heterocycles. The maximum absolute atomic E-state index is 12.7. The van der Waals surface area contributed by atoms with E-state index in [1.807, 2.05) is 70.2 Å². The van der Waals surface area contributed by atoms with E-state index in [2.05, 4.69) is 10.3 Å². The fourth-order valence-corrected chi connectivity index (χ4v) is 3.17. The summed E-state index contributed by atoms with van der Waals surface area (Å²) in [6, 6.07) is 17.0. The Hall–Kier alpha value is -2.70. The molecule has 0 aliphatic carbocycles. The van der Waals surface area contributed by atoms with Gasteiger partial charge in [0.25, 0.3) is 5.91 Å². The molecule has 0 saturated carbocycles. The standard InChI is InChI=1S/C22H23BN2O3/c1-21(2)22(3,4)28-23(27-21)17-11-9-16(10-12-17)20(26)25-19-18-8-6-5-7-15(18)13-14-24-19/h5-14H,1-4H3,(H,24,25,26). The third-order valence-electron chi connectivity index (χ3n) is 5.60. The number of amides is 1. The van der Waals surface area contributed by atoms with Crippen LogP contribution < -0.4 is 10.8 Å². The highest BCUT2D eigenvalue weighted by atomic mass is 16.7. The highest BCUT2D eigenvalue weighted by Gasteiger charge is 2.51. The number of pyridine rings is 1. The molecule has 4 rings (SSSR count). The number of nitrogens with one attached hydrogen (secondary N) is 1. The summed E-state index contributed by atoms with van der Waals surface area (Å²) in [7, 11) is -0.443. The molecule has 2 aromatic carbocycles. The van der Waals surface area contributed by atoms with Gasteiger partial charge in [0.1, 0.15) is 5.82 Å². The van der Waals surface area contributed by atoms with Crippen LogP contribution in [-0.4, -0.2) is 29.2 Å². The number of benzene rings is 2. The lowest BCUT2D eigenvalue weighted by Crippen LogP contribution is -2.41. The number of aromatic nitrogens is 1. The fraction of sp³-hybridized carbons (Fsp3) is 0.273. The second-order valence-electron chi connectivity index (χ2n) is 8.05. The zero-order chi connectivity index (χ0) is 19.9. The summed E-state index contributed by atoms with van der Waals surface area (Å²) < 4.78 is 12.1. The van der Waals surface area contributed by atoms with Gasteiger partial charge in [-0.05, 0) is 56.7 Å². The Bertz CT molecular complexity index is 1010. The highest BCUT2D eigenvalue weighted by Crippen LogP contribution is 2.36. The van der Waals surface area contributed by atoms with Gasteiger partial charge in [0.15, 0.2) is 0 Å². The van der Waals surface area contributed by atoms with Crippen molar-refractivity contribution in [2.45, 2.75) is 38.9 Å². The van der Waals surface area contributed by atoms with Gasteiger partial charge in [-0.2, -0.15) is 0 Å². The van der Waals surface area contributed by atoms with Gasteiger partial charge in [0.05, 0.1) is 11.2 Å². The van der Waals surface area contributed by atoms with Crippen molar-refractivity contribution in [1.82, 2.24) is 4.98 Å². The summed E-state index contributed by atoms with van der Waals surface area (Å²) in [6.45, 7) is 8.08. The van der Waals surface area contributed by atoms with Crippen molar-refractivity contribution < 1.29 is 14.1 Å². The van der Waals surface area contributed by atoms with Gasteiger partial charge in [-0.3, -0.25) is 4.79 Å². The van der Waals surface area contributed by atoms with Gasteiger partial charge < -0.3 is 14.6 Å². The summed E-state index contributed by atoms with van der Waals surface area (Å²) in [4.78, 5) is 17.0. The summed E-state index contributed by atoms with van der Waals surface area (Å²) in [6.07, 6.45) is 1.69. The summed E-state index contributed by atoms with van der Waals surface area (Å²) in [5.74, 6) is 0.349. The molecule has 6 heteroatoms.